The summed E-state index contributed by atoms with van der Waals surface area (Å²) < 4.78 is 5.32. The topological polar surface area (TPSA) is 66.0 Å². The maximum atomic E-state index is 11.9. The second-order valence-corrected chi connectivity index (χ2v) is 7.96. The minimum absolute atomic E-state index is 0. The number of piperidine rings is 1. The van der Waals surface area contributed by atoms with Crippen molar-refractivity contribution in [1.82, 2.24) is 15.5 Å². The van der Waals surface area contributed by atoms with Crippen molar-refractivity contribution in [3.8, 4) is 0 Å². The monoisotopic (exact) mass is 502 g/mol. The van der Waals surface area contributed by atoms with Crippen LogP contribution in [0.15, 0.2) is 35.3 Å². The zero-order chi connectivity index (χ0) is 19.7. The summed E-state index contributed by atoms with van der Waals surface area (Å²) in [7, 11) is 0. The zero-order valence-corrected chi connectivity index (χ0v) is 19.9. The first-order chi connectivity index (χ1) is 12.9. The second kappa shape index (κ2) is 12.3. The van der Waals surface area contributed by atoms with Gasteiger partial charge in [-0.2, -0.15) is 0 Å². The van der Waals surface area contributed by atoms with E-state index < -0.39 is 5.60 Å². The summed E-state index contributed by atoms with van der Waals surface area (Å²) in [5.74, 6) is 0.377. The normalized spacial score (nSPS) is 16.2. The third kappa shape index (κ3) is 9.73. The molecule has 1 aromatic carbocycles. The van der Waals surface area contributed by atoms with Crippen LogP contribution in [0.3, 0.4) is 0 Å². The van der Waals surface area contributed by atoms with E-state index in [1.54, 1.807) is 0 Å². The molecule has 6 nitrogen and oxygen atoms in total. The first-order valence-electron chi connectivity index (χ1n) is 9.88. The van der Waals surface area contributed by atoms with Gasteiger partial charge in [0.05, 0.1) is 0 Å². The van der Waals surface area contributed by atoms with E-state index in [0.29, 0.717) is 12.0 Å². The third-order valence-corrected chi connectivity index (χ3v) is 4.31. The van der Waals surface area contributed by atoms with Gasteiger partial charge in [0.1, 0.15) is 12.1 Å². The number of rotatable bonds is 6. The van der Waals surface area contributed by atoms with Crippen molar-refractivity contribution < 1.29 is 9.53 Å². The van der Waals surface area contributed by atoms with Crippen LogP contribution in [0.2, 0.25) is 0 Å². The Hall–Kier alpha value is -1.35. The van der Waals surface area contributed by atoms with Crippen LogP contribution in [-0.2, 0) is 16.1 Å². The molecule has 1 fully saturated rings. The third-order valence-electron chi connectivity index (χ3n) is 4.31. The maximum absolute atomic E-state index is 11.9. The van der Waals surface area contributed by atoms with Crippen LogP contribution in [0, 0.1) is 0 Å². The molecule has 7 heteroatoms. The van der Waals surface area contributed by atoms with E-state index in [2.05, 4.69) is 50.9 Å². The number of esters is 1. The number of aliphatic imine (C=N–C) groups is 1. The fraction of sp³-hybridized carbons (Fsp3) is 0.619. The fourth-order valence-electron chi connectivity index (χ4n) is 3.11. The minimum Gasteiger partial charge on any atom is -0.459 e. The van der Waals surface area contributed by atoms with Gasteiger partial charge in [-0.25, -0.2) is 4.99 Å². The Morgan fingerprint density at radius 2 is 1.86 bits per heavy atom. The van der Waals surface area contributed by atoms with E-state index in [4.69, 9.17) is 4.74 Å². The quantitative estimate of drug-likeness (QED) is 0.271. The fourth-order valence-corrected chi connectivity index (χ4v) is 3.11. The highest BCUT2D eigenvalue weighted by atomic mass is 127. The Morgan fingerprint density at radius 1 is 1.21 bits per heavy atom. The summed E-state index contributed by atoms with van der Waals surface area (Å²) in [6.07, 6.45) is 2.12. The standard InChI is InChI=1S/C21H34N4O2.HI/c1-5-22-20(23-15-19(26)27-21(2,3)4)24-18-11-13-25(14-12-18)16-17-9-7-6-8-10-17;/h6-10,18H,5,11-16H2,1-4H3,(H2,22,23,24);1H. The van der Waals surface area contributed by atoms with E-state index in [1.165, 1.54) is 5.56 Å². The zero-order valence-electron chi connectivity index (χ0n) is 17.5. The first-order valence-corrected chi connectivity index (χ1v) is 9.88. The van der Waals surface area contributed by atoms with Crippen molar-refractivity contribution in [1.29, 1.82) is 0 Å². The van der Waals surface area contributed by atoms with Gasteiger partial charge in [-0.15, -0.1) is 24.0 Å². The summed E-state index contributed by atoms with van der Waals surface area (Å²) in [5.41, 5.74) is 0.875. The smallest absolute Gasteiger partial charge is 0.328 e. The molecular weight excluding hydrogens is 467 g/mol. The molecule has 0 aromatic heterocycles. The van der Waals surface area contributed by atoms with Gasteiger partial charge in [0.15, 0.2) is 5.96 Å². The summed E-state index contributed by atoms with van der Waals surface area (Å²) >= 11 is 0. The molecule has 1 aliphatic heterocycles. The SMILES string of the molecule is CCNC(=NCC(=O)OC(C)(C)C)NC1CCN(Cc2ccccc2)CC1.I. The number of halogens is 1. The van der Waals surface area contributed by atoms with Gasteiger partial charge in [0.2, 0.25) is 0 Å². The molecule has 1 aliphatic rings. The molecule has 0 atom stereocenters. The van der Waals surface area contributed by atoms with Crippen LogP contribution in [-0.4, -0.2) is 54.7 Å². The van der Waals surface area contributed by atoms with Crippen LogP contribution in [0.1, 0.15) is 46.1 Å². The molecule has 1 aromatic rings. The van der Waals surface area contributed by atoms with E-state index in [-0.39, 0.29) is 36.5 Å². The van der Waals surface area contributed by atoms with Gasteiger partial charge in [-0.05, 0) is 46.1 Å². The van der Waals surface area contributed by atoms with Crippen molar-refractivity contribution in [2.75, 3.05) is 26.2 Å². The number of carbonyl (C=O) groups excluding carboxylic acids is 1. The van der Waals surface area contributed by atoms with Gasteiger partial charge >= 0.3 is 5.97 Å². The van der Waals surface area contributed by atoms with Gasteiger partial charge in [0, 0.05) is 32.2 Å². The molecule has 0 radical (unpaired) electrons. The van der Waals surface area contributed by atoms with Gasteiger partial charge in [-0.1, -0.05) is 30.3 Å². The number of benzene rings is 1. The summed E-state index contributed by atoms with van der Waals surface area (Å²) in [5, 5.41) is 6.68. The summed E-state index contributed by atoms with van der Waals surface area (Å²) in [4.78, 5) is 18.8. The summed E-state index contributed by atoms with van der Waals surface area (Å²) in [6, 6.07) is 11.0. The number of likely N-dealkylation sites (tertiary alicyclic amines) is 1. The Balaban J connectivity index is 0.00000392. The molecule has 158 valence electrons. The Bertz CT molecular complexity index is 609. The number of hydrogen-bond donors (Lipinski definition) is 2. The molecule has 1 saturated heterocycles. The number of carbonyl (C=O) groups is 1. The van der Waals surface area contributed by atoms with Crippen LogP contribution in [0.25, 0.3) is 0 Å². The number of ether oxygens (including phenoxy) is 1. The number of nitrogens with one attached hydrogen (secondary N) is 2. The predicted octanol–water partition coefficient (Wildman–Crippen LogP) is 3.17. The average Bonchev–Trinajstić information content (AvgIpc) is 2.61. The van der Waals surface area contributed by atoms with Gasteiger partial charge < -0.3 is 15.4 Å². The van der Waals surface area contributed by atoms with Crippen molar-refractivity contribution in [2.24, 2.45) is 4.99 Å². The predicted molar refractivity (Wildman–Crippen MR) is 125 cm³/mol. The number of nitrogens with zero attached hydrogens (tertiary/aromatic N) is 2. The highest BCUT2D eigenvalue weighted by molar-refractivity contribution is 14.0. The molecular formula is C21H35IN4O2. The van der Waals surface area contributed by atoms with Crippen molar-refractivity contribution in [3.63, 3.8) is 0 Å². The Morgan fingerprint density at radius 3 is 2.43 bits per heavy atom. The van der Waals surface area contributed by atoms with Crippen LogP contribution < -0.4 is 10.6 Å². The van der Waals surface area contributed by atoms with E-state index in [1.807, 2.05) is 27.7 Å². The second-order valence-electron chi connectivity index (χ2n) is 7.96. The lowest BCUT2D eigenvalue weighted by molar-refractivity contribution is -0.152. The number of guanidine groups is 1. The van der Waals surface area contributed by atoms with Crippen molar-refractivity contribution in [3.05, 3.63) is 35.9 Å². The van der Waals surface area contributed by atoms with E-state index in [0.717, 1.165) is 39.0 Å². The molecule has 2 N–H and O–H groups in total. The lowest BCUT2D eigenvalue weighted by atomic mass is 10.0. The molecule has 0 amide bonds. The first kappa shape index (κ1) is 24.7. The van der Waals surface area contributed by atoms with E-state index in [9.17, 15) is 4.79 Å². The minimum atomic E-state index is -0.482. The molecule has 0 spiro atoms. The van der Waals surface area contributed by atoms with Crippen LogP contribution >= 0.6 is 24.0 Å². The Kier molecular flexibility index (Phi) is 10.8. The molecule has 1 heterocycles. The molecule has 2 rings (SSSR count). The molecule has 28 heavy (non-hydrogen) atoms. The van der Waals surface area contributed by atoms with Crippen molar-refractivity contribution in [2.45, 2.75) is 58.7 Å². The number of hydrogen-bond acceptors (Lipinski definition) is 4. The maximum Gasteiger partial charge on any atom is 0.328 e. The van der Waals surface area contributed by atoms with Crippen LogP contribution in [0.4, 0.5) is 0 Å². The molecule has 0 aliphatic carbocycles. The average molecular weight is 502 g/mol. The molecule has 0 bridgehead atoms. The highest BCUT2D eigenvalue weighted by Gasteiger charge is 2.20. The van der Waals surface area contributed by atoms with Crippen LogP contribution in [0.5, 0.6) is 0 Å². The molecule has 0 unspecified atom stereocenters. The lowest BCUT2D eigenvalue weighted by Crippen LogP contribution is -2.48. The largest absolute Gasteiger partial charge is 0.459 e. The van der Waals surface area contributed by atoms with E-state index >= 15 is 0 Å². The Labute approximate surface area is 186 Å². The highest BCUT2D eigenvalue weighted by Crippen LogP contribution is 2.14. The van der Waals surface area contributed by atoms with Gasteiger partial charge in [0.25, 0.3) is 0 Å². The van der Waals surface area contributed by atoms with Gasteiger partial charge in [-0.3, -0.25) is 9.69 Å². The molecule has 0 saturated carbocycles. The van der Waals surface area contributed by atoms with Crippen molar-refractivity contribution >= 4 is 35.9 Å². The summed E-state index contributed by atoms with van der Waals surface area (Å²) in [6.45, 7) is 11.5. The lowest BCUT2D eigenvalue weighted by Gasteiger charge is -2.33.